The summed E-state index contributed by atoms with van der Waals surface area (Å²) in [4.78, 5) is 54.7. The Morgan fingerprint density at radius 3 is 2.46 bits per heavy atom. The molecule has 1 aliphatic heterocycles. The second kappa shape index (κ2) is 19.3. The maximum Gasteiger partial charge on any atom is 0.329 e. The van der Waals surface area contributed by atoms with E-state index in [1.807, 2.05) is 43.3 Å². The number of ether oxygens (including phenoxy) is 4. The average molecular weight is 741 g/mol. The van der Waals surface area contributed by atoms with Crippen LogP contribution in [0.15, 0.2) is 72.8 Å². The molecule has 0 bridgehead atoms. The highest BCUT2D eigenvalue weighted by molar-refractivity contribution is 6.38. The molecule has 54 heavy (non-hydrogen) atoms. The Bertz CT molecular complexity index is 1820. The SMILES string of the molecule is C.CCC(C)(C)C(=O)C(=O)N1CCCCC1C(=O)O[C@H](CCc1ccc(OC)c(OC)c1)c1cccc(OCC(=O)NCCC2=CCc3ccccc32)c1. The summed E-state index contributed by atoms with van der Waals surface area (Å²) in [5.74, 6) is -0.271. The average Bonchev–Trinajstić information content (AvgIpc) is 3.60. The minimum absolute atomic E-state index is 0. The van der Waals surface area contributed by atoms with Crippen LogP contribution in [-0.4, -0.2) is 68.4 Å². The van der Waals surface area contributed by atoms with E-state index in [-0.39, 0.29) is 19.9 Å². The van der Waals surface area contributed by atoms with E-state index in [0.717, 1.165) is 24.8 Å². The van der Waals surface area contributed by atoms with Crippen molar-refractivity contribution < 1.29 is 38.1 Å². The molecule has 1 N–H and O–H groups in total. The summed E-state index contributed by atoms with van der Waals surface area (Å²) < 4.78 is 23.0. The molecule has 3 aromatic rings. The number of nitrogens with one attached hydrogen (secondary N) is 1. The zero-order valence-corrected chi connectivity index (χ0v) is 31.6. The molecule has 1 aliphatic carbocycles. The van der Waals surface area contributed by atoms with E-state index >= 15 is 0 Å². The van der Waals surface area contributed by atoms with Crippen molar-refractivity contribution in [1.82, 2.24) is 10.2 Å². The van der Waals surface area contributed by atoms with Crippen molar-refractivity contribution in [2.75, 3.05) is 33.9 Å². The van der Waals surface area contributed by atoms with Gasteiger partial charge in [0.05, 0.1) is 14.2 Å². The molecule has 1 fully saturated rings. The van der Waals surface area contributed by atoms with Crippen LogP contribution in [0.1, 0.15) is 95.1 Å². The number of carbonyl (C=O) groups excluding carboxylic acids is 4. The normalized spacial score (nSPS) is 15.5. The van der Waals surface area contributed by atoms with Gasteiger partial charge in [0.1, 0.15) is 17.9 Å². The Labute approximate surface area is 320 Å². The molecule has 2 atom stereocenters. The zero-order chi connectivity index (χ0) is 38.0. The van der Waals surface area contributed by atoms with Crippen molar-refractivity contribution in [3.63, 3.8) is 0 Å². The maximum atomic E-state index is 13.9. The highest BCUT2D eigenvalue weighted by Crippen LogP contribution is 2.33. The highest BCUT2D eigenvalue weighted by Gasteiger charge is 2.41. The molecular weight excluding hydrogens is 684 g/mol. The second-order valence-corrected chi connectivity index (χ2v) is 14.3. The number of fused-ring (bicyclic) bond motifs is 1. The number of methoxy groups -OCH3 is 2. The third kappa shape index (κ3) is 10.3. The van der Waals surface area contributed by atoms with E-state index in [1.54, 1.807) is 46.3 Å². The predicted octanol–water partition coefficient (Wildman–Crippen LogP) is 7.47. The van der Waals surface area contributed by atoms with Gasteiger partial charge in [0, 0.05) is 18.5 Å². The molecule has 0 aromatic heterocycles. The van der Waals surface area contributed by atoms with Gasteiger partial charge >= 0.3 is 5.97 Å². The van der Waals surface area contributed by atoms with Crippen molar-refractivity contribution in [3.05, 3.63) is 95.1 Å². The highest BCUT2D eigenvalue weighted by atomic mass is 16.5. The summed E-state index contributed by atoms with van der Waals surface area (Å²) in [6, 6.07) is 20.3. The molecule has 290 valence electrons. The summed E-state index contributed by atoms with van der Waals surface area (Å²) >= 11 is 0. The number of rotatable bonds is 17. The Morgan fingerprint density at radius 2 is 1.70 bits per heavy atom. The third-order valence-electron chi connectivity index (χ3n) is 10.4. The number of hydrogen-bond acceptors (Lipinski definition) is 8. The lowest BCUT2D eigenvalue weighted by atomic mass is 9.84. The number of carbonyl (C=O) groups is 4. The minimum Gasteiger partial charge on any atom is -0.493 e. The molecule has 1 saturated heterocycles. The van der Waals surface area contributed by atoms with E-state index in [4.69, 9.17) is 18.9 Å². The van der Waals surface area contributed by atoms with Crippen LogP contribution in [-0.2, 0) is 36.8 Å². The number of ketones is 1. The van der Waals surface area contributed by atoms with Gasteiger partial charge < -0.3 is 29.2 Å². The van der Waals surface area contributed by atoms with Crippen LogP contribution in [0.5, 0.6) is 17.2 Å². The van der Waals surface area contributed by atoms with E-state index < -0.39 is 35.2 Å². The van der Waals surface area contributed by atoms with Crippen LogP contribution in [0.2, 0.25) is 0 Å². The number of Topliss-reactive ketones (excluding diaryl/α,β-unsaturated/α-hetero) is 1. The topological polar surface area (TPSA) is 120 Å². The molecule has 1 unspecified atom stereocenters. The number of hydrogen-bond donors (Lipinski definition) is 1. The smallest absolute Gasteiger partial charge is 0.329 e. The van der Waals surface area contributed by atoms with Crippen LogP contribution in [0.25, 0.3) is 5.57 Å². The van der Waals surface area contributed by atoms with Crippen LogP contribution in [0.3, 0.4) is 0 Å². The van der Waals surface area contributed by atoms with Crippen molar-refractivity contribution in [1.29, 1.82) is 0 Å². The van der Waals surface area contributed by atoms with Gasteiger partial charge in [0.2, 0.25) is 5.78 Å². The zero-order valence-electron chi connectivity index (χ0n) is 31.6. The summed E-state index contributed by atoms with van der Waals surface area (Å²) in [7, 11) is 3.16. The molecule has 0 saturated carbocycles. The molecule has 2 aliphatic rings. The Balaban J connectivity index is 0.00000650. The summed E-state index contributed by atoms with van der Waals surface area (Å²) in [5, 5.41) is 2.95. The molecule has 1 heterocycles. The maximum absolute atomic E-state index is 13.9. The van der Waals surface area contributed by atoms with Gasteiger partial charge in [-0.3, -0.25) is 14.4 Å². The van der Waals surface area contributed by atoms with Gasteiger partial charge in [-0.2, -0.15) is 0 Å². The number of benzene rings is 3. The van der Waals surface area contributed by atoms with Crippen LogP contribution in [0.4, 0.5) is 0 Å². The van der Waals surface area contributed by atoms with Gasteiger partial charge in [-0.05, 0) is 103 Å². The number of piperidine rings is 1. The first-order chi connectivity index (χ1) is 25.5. The summed E-state index contributed by atoms with van der Waals surface area (Å²) in [5.41, 5.74) is 4.59. The first kappa shape index (κ1) is 41.6. The number of nitrogens with zero attached hydrogens (tertiary/aromatic N) is 1. The lowest BCUT2D eigenvalue weighted by Crippen LogP contribution is -2.53. The van der Waals surface area contributed by atoms with Gasteiger partial charge in [-0.25, -0.2) is 4.79 Å². The standard InChI is InChI=1S/C43H52N2O8.CH4/c1-6-43(2,3)40(47)41(48)45-25-10-9-16-35(45)42(49)53-36(21-17-29-18-22-37(50-4)38(26-29)51-5)32-13-11-14-33(27-32)52-28-39(46)44-24-23-31-20-19-30-12-7-8-15-34(30)31;/h7-8,11-15,18,20,22,26-27,35-36H,6,9-10,16-17,19,21,23-25,28H2,1-5H3,(H,44,46);1H4/t35?,36-;/m1./s1. The number of amides is 2. The fraction of sp³-hybridized carbons (Fsp3) is 0.455. The van der Waals surface area contributed by atoms with Gasteiger partial charge in [0.25, 0.3) is 11.8 Å². The monoisotopic (exact) mass is 740 g/mol. The van der Waals surface area contributed by atoms with Crippen LogP contribution >= 0.6 is 0 Å². The molecule has 5 rings (SSSR count). The molecule has 2 amide bonds. The van der Waals surface area contributed by atoms with E-state index in [0.29, 0.717) is 68.0 Å². The predicted molar refractivity (Wildman–Crippen MR) is 210 cm³/mol. The fourth-order valence-corrected chi connectivity index (χ4v) is 6.78. The van der Waals surface area contributed by atoms with Gasteiger partial charge in [0.15, 0.2) is 18.1 Å². The minimum atomic E-state index is -0.868. The molecule has 10 heteroatoms. The van der Waals surface area contributed by atoms with Crippen molar-refractivity contribution >= 4 is 29.1 Å². The third-order valence-corrected chi connectivity index (χ3v) is 10.4. The summed E-state index contributed by atoms with van der Waals surface area (Å²) in [6.07, 6.45) is 6.45. The number of allylic oxidation sites excluding steroid dienone is 1. The first-order valence-corrected chi connectivity index (χ1v) is 18.6. The van der Waals surface area contributed by atoms with E-state index in [2.05, 4.69) is 23.5 Å². The number of esters is 1. The summed E-state index contributed by atoms with van der Waals surface area (Å²) in [6.45, 7) is 6.02. The quantitative estimate of drug-likeness (QED) is 0.112. The molecule has 0 spiro atoms. The first-order valence-electron chi connectivity index (χ1n) is 18.6. The lowest BCUT2D eigenvalue weighted by Gasteiger charge is -2.36. The second-order valence-electron chi connectivity index (χ2n) is 14.3. The molecular formula is C44H56N2O8. The van der Waals surface area contributed by atoms with Crippen molar-refractivity contribution in [2.24, 2.45) is 5.41 Å². The largest absolute Gasteiger partial charge is 0.493 e. The lowest BCUT2D eigenvalue weighted by molar-refractivity contribution is -0.164. The van der Waals surface area contributed by atoms with Gasteiger partial charge in [-0.1, -0.05) is 76.7 Å². The number of aryl methyl sites for hydroxylation is 1. The number of likely N-dealkylation sites (tertiary alicyclic amines) is 1. The molecule has 10 nitrogen and oxygen atoms in total. The molecule has 0 radical (unpaired) electrons. The fourth-order valence-electron chi connectivity index (χ4n) is 6.78. The van der Waals surface area contributed by atoms with Gasteiger partial charge in [-0.15, -0.1) is 0 Å². The van der Waals surface area contributed by atoms with Crippen molar-refractivity contribution in [3.8, 4) is 17.2 Å². The van der Waals surface area contributed by atoms with E-state index in [1.165, 1.54) is 21.6 Å². The Kier molecular flexibility index (Phi) is 14.9. The van der Waals surface area contributed by atoms with Crippen LogP contribution < -0.4 is 19.5 Å². The van der Waals surface area contributed by atoms with Crippen LogP contribution in [0, 0.1) is 5.41 Å². The van der Waals surface area contributed by atoms with Crippen molar-refractivity contribution in [2.45, 2.75) is 91.7 Å². The Hall–Kier alpha value is -5.12. The Morgan fingerprint density at radius 1 is 0.926 bits per heavy atom. The molecule has 3 aromatic carbocycles. The van der Waals surface area contributed by atoms with E-state index in [9.17, 15) is 19.2 Å².